The molecule has 0 spiro atoms. The number of aliphatic hydroxyl groups excluding tert-OH is 1. The molecule has 2 rings (SSSR count). The average molecular weight is 255 g/mol. The summed E-state index contributed by atoms with van der Waals surface area (Å²) in [4.78, 5) is 0. The maximum absolute atomic E-state index is 10.6. The lowest BCUT2D eigenvalue weighted by molar-refractivity contribution is 0.145. The molecule has 19 heavy (non-hydrogen) atoms. The number of hydrogen-bond acceptors (Lipinski definition) is 2. The monoisotopic (exact) mass is 255 g/mol. The molecule has 2 nitrogen and oxygen atoms in total. The normalized spacial score (nSPS) is 14.2. The molecule has 0 aliphatic heterocycles. The molecule has 0 bridgehead atoms. The first-order chi connectivity index (χ1) is 9.00. The Bertz CT molecular complexity index is 540. The number of benzene rings is 2. The average Bonchev–Trinajstić information content (AvgIpc) is 2.37. The van der Waals surface area contributed by atoms with Gasteiger partial charge >= 0.3 is 0 Å². The van der Waals surface area contributed by atoms with Crippen LogP contribution in [0.4, 0.5) is 0 Å². The molecule has 2 atom stereocenters. The molecule has 0 heterocycles. The lowest BCUT2D eigenvalue weighted by atomic mass is 9.89. The van der Waals surface area contributed by atoms with Crippen LogP contribution >= 0.6 is 0 Å². The summed E-state index contributed by atoms with van der Waals surface area (Å²) in [6, 6.07) is 13.5. The van der Waals surface area contributed by atoms with Crippen molar-refractivity contribution in [2.24, 2.45) is 5.73 Å². The minimum Gasteiger partial charge on any atom is -0.386 e. The number of rotatable bonds is 3. The predicted molar refractivity (Wildman–Crippen MR) is 79.0 cm³/mol. The van der Waals surface area contributed by atoms with Crippen LogP contribution in [-0.4, -0.2) is 5.11 Å². The van der Waals surface area contributed by atoms with Crippen LogP contribution in [0.25, 0.3) is 0 Å². The van der Waals surface area contributed by atoms with Gasteiger partial charge in [0.2, 0.25) is 0 Å². The Labute approximate surface area is 114 Å². The van der Waals surface area contributed by atoms with E-state index in [1.807, 2.05) is 44.2 Å². The van der Waals surface area contributed by atoms with Gasteiger partial charge in [0.25, 0.3) is 0 Å². The minimum absolute atomic E-state index is 0.402. The van der Waals surface area contributed by atoms with Gasteiger partial charge in [-0.25, -0.2) is 0 Å². The highest BCUT2D eigenvalue weighted by Crippen LogP contribution is 2.31. The second-order valence-electron chi connectivity index (χ2n) is 5.19. The summed E-state index contributed by atoms with van der Waals surface area (Å²) >= 11 is 0. The predicted octanol–water partition coefficient (Wildman–Crippen LogP) is 3.35. The molecule has 0 amide bonds. The number of aryl methyl sites for hydroxylation is 3. The zero-order valence-corrected chi connectivity index (χ0v) is 11.7. The van der Waals surface area contributed by atoms with Crippen molar-refractivity contribution in [2.45, 2.75) is 32.9 Å². The van der Waals surface area contributed by atoms with Gasteiger partial charge in [-0.3, -0.25) is 0 Å². The molecule has 0 saturated carbocycles. The van der Waals surface area contributed by atoms with Crippen molar-refractivity contribution in [1.82, 2.24) is 0 Å². The van der Waals surface area contributed by atoms with Crippen molar-refractivity contribution in [2.75, 3.05) is 0 Å². The first-order valence-corrected chi connectivity index (χ1v) is 6.57. The van der Waals surface area contributed by atoms with Crippen molar-refractivity contribution in [3.8, 4) is 0 Å². The van der Waals surface area contributed by atoms with E-state index in [0.717, 1.165) is 22.3 Å². The SMILES string of the molecule is Cc1cc(C)c(C(O)C(N)c2ccccc2)c(C)c1. The molecule has 3 N–H and O–H groups in total. The van der Waals surface area contributed by atoms with Gasteiger partial charge in [0.15, 0.2) is 0 Å². The van der Waals surface area contributed by atoms with Gasteiger partial charge in [-0.15, -0.1) is 0 Å². The summed E-state index contributed by atoms with van der Waals surface area (Å²) < 4.78 is 0. The Hall–Kier alpha value is -1.64. The molecule has 0 aromatic heterocycles. The fraction of sp³-hybridized carbons (Fsp3) is 0.294. The minimum atomic E-state index is -0.678. The molecular weight excluding hydrogens is 234 g/mol. The fourth-order valence-electron chi connectivity index (χ4n) is 2.69. The van der Waals surface area contributed by atoms with E-state index in [4.69, 9.17) is 5.73 Å². The lowest BCUT2D eigenvalue weighted by Crippen LogP contribution is -2.21. The van der Waals surface area contributed by atoms with Crippen molar-refractivity contribution < 1.29 is 5.11 Å². The van der Waals surface area contributed by atoms with Crippen LogP contribution in [0.3, 0.4) is 0 Å². The van der Waals surface area contributed by atoms with Gasteiger partial charge in [-0.1, -0.05) is 48.0 Å². The largest absolute Gasteiger partial charge is 0.386 e. The summed E-state index contributed by atoms with van der Waals surface area (Å²) in [5, 5.41) is 10.6. The molecule has 2 aromatic carbocycles. The Morgan fingerprint density at radius 3 is 2.00 bits per heavy atom. The standard InChI is InChI=1S/C17H21NO/c1-11-9-12(2)15(13(3)10-11)17(19)16(18)14-7-5-4-6-8-14/h4-10,16-17,19H,18H2,1-3H3. The van der Waals surface area contributed by atoms with Gasteiger partial charge in [0.05, 0.1) is 12.1 Å². The second-order valence-corrected chi connectivity index (χ2v) is 5.19. The highest BCUT2D eigenvalue weighted by Gasteiger charge is 2.22. The van der Waals surface area contributed by atoms with Gasteiger partial charge < -0.3 is 10.8 Å². The van der Waals surface area contributed by atoms with Crippen molar-refractivity contribution >= 4 is 0 Å². The quantitative estimate of drug-likeness (QED) is 0.883. The van der Waals surface area contributed by atoms with Crippen LogP contribution in [0.1, 0.15) is 40.0 Å². The summed E-state index contributed by atoms with van der Waals surface area (Å²) in [6.07, 6.45) is -0.678. The highest BCUT2D eigenvalue weighted by atomic mass is 16.3. The first kappa shape index (κ1) is 13.8. The van der Waals surface area contributed by atoms with E-state index in [2.05, 4.69) is 19.1 Å². The van der Waals surface area contributed by atoms with E-state index in [1.54, 1.807) is 0 Å². The molecule has 2 unspecified atom stereocenters. The second kappa shape index (κ2) is 5.55. The lowest BCUT2D eigenvalue weighted by Gasteiger charge is -2.23. The third-order valence-corrected chi connectivity index (χ3v) is 3.56. The molecule has 0 radical (unpaired) electrons. The third kappa shape index (κ3) is 2.86. The molecule has 0 aliphatic rings. The zero-order valence-electron chi connectivity index (χ0n) is 11.7. The third-order valence-electron chi connectivity index (χ3n) is 3.56. The van der Waals surface area contributed by atoms with Crippen LogP contribution in [0, 0.1) is 20.8 Å². The molecule has 100 valence electrons. The molecule has 0 aliphatic carbocycles. The van der Waals surface area contributed by atoms with Crippen molar-refractivity contribution in [3.05, 3.63) is 70.3 Å². The van der Waals surface area contributed by atoms with Gasteiger partial charge in [0, 0.05) is 0 Å². The van der Waals surface area contributed by atoms with Crippen LogP contribution in [0.2, 0.25) is 0 Å². The summed E-state index contributed by atoms with van der Waals surface area (Å²) in [7, 11) is 0. The summed E-state index contributed by atoms with van der Waals surface area (Å²) in [5.41, 5.74) is 11.5. The van der Waals surface area contributed by atoms with Crippen molar-refractivity contribution in [1.29, 1.82) is 0 Å². The molecule has 2 aromatic rings. The van der Waals surface area contributed by atoms with E-state index >= 15 is 0 Å². The maximum Gasteiger partial charge on any atom is 0.0987 e. The van der Waals surface area contributed by atoms with E-state index in [-0.39, 0.29) is 0 Å². The number of hydrogen-bond donors (Lipinski definition) is 2. The molecule has 0 saturated heterocycles. The summed E-state index contributed by atoms with van der Waals surface area (Å²) in [5.74, 6) is 0. The van der Waals surface area contributed by atoms with Gasteiger partial charge in [0.1, 0.15) is 0 Å². The highest BCUT2D eigenvalue weighted by molar-refractivity contribution is 5.40. The smallest absolute Gasteiger partial charge is 0.0987 e. The first-order valence-electron chi connectivity index (χ1n) is 6.57. The van der Waals surface area contributed by atoms with E-state index in [9.17, 15) is 5.11 Å². The Morgan fingerprint density at radius 2 is 1.47 bits per heavy atom. The molecular formula is C17H21NO. The van der Waals surface area contributed by atoms with E-state index in [0.29, 0.717) is 0 Å². The van der Waals surface area contributed by atoms with Crippen LogP contribution in [-0.2, 0) is 0 Å². The van der Waals surface area contributed by atoms with E-state index in [1.165, 1.54) is 5.56 Å². The Balaban J connectivity index is 2.37. The number of aliphatic hydroxyl groups is 1. The zero-order chi connectivity index (χ0) is 14.0. The van der Waals surface area contributed by atoms with Crippen LogP contribution in [0.5, 0.6) is 0 Å². The van der Waals surface area contributed by atoms with Crippen LogP contribution < -0.4 is 5.73 Å². The Kier molecular flexibility index (Phi) is 4.03. The fourth-order valence-corrected chi connectivity index (χ4v) is 2.69. The topological polar surface area (TPSA) is 46.2 Å². The maximum atomic E-state index is 10.6. The van der Waals surface area contributed by atoms with Gasteiger partial charge in [-0.05, 0) is 43.0 Å². The van der Waals surface area contributed by atoms with Gasteiger partial charge in [-0.2, -0.15) is 0 Å². The summed E-state index contributed by atoms with van der Waals surface area (Å²) in [6.45, 7) is 6.11. The number of nitrogens with two attached hydrogens (primary N) is 1. The molecule has 0 fully saturated rings. The van der Waals surface area contributed by atoms with E-state index < -0.39 is 12.1 Å². The Morgan fingerprint density at radius 1 is 0.947 bits per heavy atom. The molecule has 2 heteroatoms. The van der Waals surface area contributed by atoms with Crippen LogP contribution in [0.15, 0.2) is 42.5 Å². The van der Waals surface area contributed by atoms with Crippen molar-refractivity contribution in [3.63, 3.8) is 0 Å².